The fourth-order valence-corrected chi connectivity index (χ4v) is 12.1. The Labute approximate surface area is 548 Å². The van der Waals surface area contributed by atoms with Crippen LogP contribution in [-0.4, -0.2) is 143 Å². The first-order chi connectivity index (χ1) is 43.7. The molecule has 0 aliphatic carbocycles. The highest BCUT2D eigenvalue weighted by atomic mass is 35.5. The van der Waals surface area contributed by atoms with Gasteiger partial charge in [-0.1, -0.05) is 102 Å². The average molecular weight is 1320 g/mol. The maximum Gasteiger partial charge on any atom is 0.413 e. The van der Waals surface area contributed by atoms with Crippen LogP contribution in [0.5, 0.6) is 23.0 Å². The summed E-state index contributed by atoms with van der Waals surface area (Å²) in [4.78, 5) is 81.8. The third kappa shape index (κ3) is 17.0. The number of benzene rings is 5. The molecule has 0 bridgehead atoms. The van der Waals surface area contributed by atoms with Crippen LogP contribution in [0.1, 0.15) is 99.7 Å². The second-order valence-electron chi connectivity index (χ2n) is 24.9. The smallest absolute Gasteiger partial charge is 0.413 e. The van der Waals surface area contributed by atoms with Crippen molar-refractivity contribution in [1.29, 1.82) is 0 Å². The normalized spacial score (nSPS) is 16.0. The van der Waals surface area contributed by atoms with Gasteiger partial charge in [-0.15, -0.1) is 33.7 Å². The Hall–Kier alpha value is -8.88. The number of nitrogens with one attached hydrogen (secondary N) is 5. The molecule has 4 amide bonds. The summed E-state index contributed by atoms with van der Waals surface area (Å²) in [5.74, 6) is 0.231. The standard InChI is InChI=1S/C66H76ClN11O12S2/c1-64(2,3)88-61(82)66(7,8)90-74-51(48-39-92-62(69-48)71-63(83)89-65(4,5)6)58(80)70-52-59(81)76-54(56-72-75-77(73-56)53(42-19-15-13-16-20-42)43-21-17-14-18-22-43)44(38-91-60(52)76)35-78(9,10)34-33-68-57(79)47-31-32-49(86-36-40-23-27-45(84-11)28-24-40)55(50(47)67)87-37-41-25-29-46(85-12)30-26-41/h13-32,39,52-53,60H,33-38H2,1-12H3,(H4-,68,69,70,71,72,73,74,75,79,80,83)/p+1/t52-,60-/m1/s1. The quantitative estimate of drug-likeness (QED) is 0.0117. The molecule has 23 nitrogen and oxygen atoms in total. The summed E-state index contributed by atoms with van der Waals surface area (Å²) in [6.07, 6.45) is -0.774. The number of carbonyl (C=O) groups is 5. The number of hydrazone groups is 1. The van der Waals surface area contributed by atoms with E-state index in [1.165, 1.54) is 31.0 Å². The molecule has 0 radical (unpaired) electrons. The second kappa shape index (κ2) is 28.7. The third-order valence-electron chi connectivity index (χ3n) is 14.4. The molecular weight excluding hydrogens is 1240 g/mol. The molecule has 0 saturated carbocycles. The molecule has 5 aromatic carbocycles. The van der Waals surface area contributed by atoms with Gasteiger partial charge < -0.3 is 48.4 Å². The van der Waals surface area contributed by atoms with Crippen molar-refractivity contribution in [3.05, 3.63) is 177 Å². The fraction of sp³-hybridized carbons (Fsp3) is 0.364. The minimum absolute atomic E-state index is 0.0218. The Balaban J connectivity index is 0.971. The predicted octanol–water partition coefficient (Wildman–Crippen LogP) is 9.75. The minimum atomic E-state index is -1.69. The highest BCUT2D eigenvalue weighted by Crippen LogP contribution is 2.43. The molecule has 1 fully saturated rings. The summed E-state index contributed by atoms with van der Waals surface area (Å²) >= 11 is 9.53. The van der Waals surface area contributed by atoms with E-state index < -0.39 is 64.0 Å². The lowest BCUT2D eigenvalue weighted by Gasteiger charge is -2.50. The van der Waals surface area contributed by atoms with Gasteiger partial charge in [0.1, 0.15) is 65.6 Å². The Morgan fingerprint density at radius 1 is 0.793 bits per heavy atom. The van der Waals surface area contributed by atoms with E-state index in [0.717, 1.165) is 39.2 Å². The first-order valence-corrected chi connectivity index (χ1v) is 31.9. The number of ether oxygens (including phenoxy) is 6. The number of fused-ring (bicyclic) bond motifs is 1. The molecule has 26 heteroatoms. The highest BCUT2D eigenvalue weighted by molar-refractivity contribution is 8.00. The van der Waals surface area contributed by atoms with E-state index in [1.807, 2.05) is 123 Å². The first-order valence-electron chi connectivity index (χ1n) is 29.6. The molecule has 3 aliphatic rings. The number of carbonyl (C=O) groups excluding carboxylic acids is 5. The second-order valence-corrected chi connectivity index (χ2v) is 27.2. The molecule has 1 aromatic heterocycles. The van der Waals surface area contributed by atoms with E-state index in [2.05, 4.69) is 37.1 Å². The molecule has 0 spiro atoms. The molecular formula is C66H77ClN11O12S2+. The number of likely N-dealkylation sites (N-methyl/N-ethyl adjacent to an activating group) is 1. The van der Waals surface area contributed by atoms with Gasteiger partial charge in [0.2, 0.25) is 5.60 Å². The van der Waals surface area contributed by atoms with Crippen molar-refractivity contribution in [3.63, 3.8) is 0 Å². The summed E-state index contributed by atoms with van der Waals surface area (Å²) in [6.45, 7) is 14.5. The molecule has 486 valence electrons. The van der Waals surface area contributed by atoms with Crippen molar-refractivity contribution < 1.29 is 61.7 Å². The topological polar surface area (TPSA) is 254 Å². The van der Waals surface area contributed by atoms with Crippen LogP contribution in [0.2, 0.25) is 5.02 Å². The van der Waals surface area contributed by atoms with Crippen molar-refractivity contribution in [2.24, 2.45) is 10.3 Å². The number of amides is 4. The zero-order valence-electron chi connectivity index (χ0n) is 53.4. The third-order valence-corrected chi connectivity index (χ3v) is 16.9. The van der Waals surface area contributed by atoms with Gasteiger partial charge in [0, 0.05) is 16.7 Å². The van der Waals surface area contributed by atoms with Crippen molar-refractivity contribution in [3.8, 4) is 23.0 Å². The molecule has 4 heterocycles. The van der Waals surface area contributed by atoms with Crippen LogP contribution in [0.25, 0.3) is 0 Å². The Morgan fingerprint density at radius 2 is 1.39 bits per heavy atom. The molecule has 9 rings (SSSR count). The van der Waals surface area contributed by atoms with Gasteiger partial charge in [-0.25, -0.2) is 14.6 Å². The van der Waals surface area contributed by atoms with Crippen LogP contribution in [-0.2, 0) is 41.9 Å². The first kappa shape index (κ1) is 67.5. The van der Waals surface area contributed by atoms with E-state index in [-0.39, 0.29) is 52.6 Å². The van der Waals surface area contributed by atoms with Crippen LogP contribution in [0.4, 0.5) is 9.93 Å². The lowest BCUT2D eigenvalue weighted by atomic mass is 9.99. The summed E-state index contributed by atoms with van der Waals surface area (Å²) in [7, 11) is 7.24. The number of β-lactam (4-membered cyclic amide) rings is 1. The van der Waals surface area contributed by atoms with Crippen LogP contribution >= 0.6 is 34.7 Å². The average Bonchev–Trinajstić information content (AvgIpc) is 1.06. The molecule has 3 aliphatic heterocycles. The number of hydrogen-bond donors (Lipinski definition) is 5. The number of quaternary nitrogens is 1. The number of hydrazine groups is 2. The van der Waals surface area contributed by atoms with Crippen LogP contribution < -0.4 is 45.9 Å². The Bertz CT molecular complexity index is 3700. The highest BCUT2D eigenvalue weighted by Gasteiger charge is 2.55. The maximum absolute atomic E-state index is 15.0. The van der Waals surface area contributed by atoms with E-state index >= 15 is 0 Å². The number of aromatic nitrogens is 1. The number of nitrogens with zero attached hydrogens (tertiary/aromatic N) is 6. The van der Waals surface area contributed by atoms with Gasteiger partial charge in [-0.3, -0.25) is 30.0 Å². The summed E-state index contributed by atoms with van der Waals surface area (Å²) in [5.41, 5.74) is 7.92. The van der Waals surface area contributed by atoms with E-state index in [1.54, 1.807) is 77.9 Å². The molecule has 0 unspecified atom stereocenters. The molecule has 5 N–H and O–H groups in total. The Morgan fingerprint density at radius 3 is 1.98 bits per heavy atom. The zero-order chi connectivity index (χ0) is 66.1. The lowest BCUT2D eigenvalue weighted by Crippen LogP contribution is -2.71. The number of hydrogen-bond acceptors (Lipinski definition) is 20. The van der Waals surface area contributed by atoms with Gasteiger partial charge in [0.25, 0.3) is 17.7 Å². The maximum atomic E-state index is 15.0. The number of thiazole rings is 1. The molecule has 92 heavy (non-hydrogen) atoms. The SMILES string of the molecule is COc1ccc(COc2ccc(C(=O)NCC[N+](C)(C)CC3=C(C4=NN(C(c5ccccc5)c5ccccc5)NN4)N4C(=O)[C@@H](NC(=O)/C(=N\OC(C)(C)C(=O)OC(C)(C)C)c5csc(NC(=O)OC(C)(C)C)n5)[C@H]4SC3)c(Cl)c2OCc2ccc(OC)cc2)cc1. The number of esters is 1. The number of oxime groups is 1. The Kier molecular flexibility index (Phi) is 21.1. The molecule has 1 saturated heterocycles. The molecule has 6 aromatic rings. The molecule has 2 atom stereocenters. The number of methoxy groups -OCH3 is 2. The summed E-state index contributed by atoms with van der Waals surface area (Å²) in [6, 6.07) is 36.4. The van der Waals surface area contributed by atoms with Gasteiger partial charge in [-0.05, 0) is 114 Å². The number of anilines is 1. The number of rotatable bonds is 25. The number of halogens is 1. The van der Waals surface area contributed by atoms with Crippen molar-refractivity contribution >= 4 is 81.2 Å². The van der Waals surface area contributed by atoms with E-state index in [4.69, 9.17) is 50.0 Å². The predicted molar refractivity (Wildman–Crippen MR) is 352 cm³/mol. The van der Waals surface area contributed by atoms with Crippen molar-refractivity contribution in [2.75, 3.05) is 59.0 Å². The fourth-order valence-electron chi connectivity index (χ4n) is 9.80. The zero-order valence-corrected chi connectivity index (χ0v) is 55.8. The minimum Gasteiger partial charge on any atom is -0.497 e. The van der Waals surface area contributed by atoms with Crippen LogP contribution in [0.3, 0.4) is 0 Å². The van der Waals surface area contributed by atoms with Crippen LogP contribution in [0, 0.1) is 0 Å². The van der Waals surface area contributed by atoms with Crippen molar-refractivity contribution in [1.82, 2.24) is 36.6 Å². The van der Waals surface area contributed by atoms with Gasteiger partial charge in [0.05, 0.1) is 57.7 Å². The largest absolute Gasteiger partial charge is 0.497 e. The van der Waals surface area contributed by atoms with Crippen LogP contribution in [0.15, 0.2) is 148 Å². The van der Waals surface area contributed by atoms with Gasteiger partial charge >= 0.3 is 12.1 Å². The number of thioether (sulfide) groups is 1. The number of amidine groups is 1. The summed E-state index contributed by atoms with van der Waals surface area (Å²) in [5, 5.41) is 20.6. The summed E-state index contributed by atoms with van der Waals surface area (Å²) < 4.78 is 34.6. The lowest BCUT2D eigenvalue weighted by molar-refractivity contribution is -0.884. The van der Waals surface area contributed by atoms with Gasteiger partial charge in [0.15, 0.2) is 28.2 Å². The van der Waals surface area contributed by atoms with Crippen molar-refractivity contribution in [2.45, 2.75) is 103 Å². The van der Waals surface area contributed by atoms with Gasteiger partial charge in [-0.2, -0.15) is 5.12 Å². The van der Waals surface area contributed by atoms with E-state index in [0.29, 0.717) is 52.1 Å². The van der Waals surface area contributed by atoms with E-state index in [9.17, 15) is 24.0 Å². The monoisotopic (exact) mass is 1310 g/mol.